The van der Waals surface area contributed by atoms with Gasteiger partial charge in [0.15, 0.2) is 17.0 Å². The molecule has 1 amide bonds. The van der Waals surface area contributed by atoms with Crippen LogP contribution in [-0.2, 0) is 14.3 Å². The monoisotopic (exact) mass is 441 g/mol. The van der Waals surface area contributed by atoms with Crippen molar-refractivity contribution in [2.24, 2.45) is 0 Å². The molecule has 0 aliphatic rings. The number of hydrogen-bond donors (Lipinski definition) is 1. The number of carbonyl (C=O) groups excluding carboxylic acids is 2. The van der Waals surface area contributed by atoms with Crippen molar-refractivity contribution in [3.8, 4) is 11.5 Å². The lowest BCUT2D eigenvalue weighted by atomic mass is 10.3. The molecule has 3 aromatic rings. The highest BCUT2D eigenvalue weighted by Gasteiger charge is 2.10. The first kappa shape index (κ1) is 19.4. The molecule has 0 saturated heterocycles. The lowest BCUT2D eigenvalue weighted by Gasteiger charge is -2.12. The molecule has 1 heterocycles. The number of furan rings is 1. The summed E-state index contributed by atoms with van der Waals surface area (Å²) in [6, 6.07) is 19.6. The number of benzene rings is 2. The van der Waals surface area contributed by atoms with E-state index in [4.69, 9.17) is 13.9 Å². The minimum Gasteiger partial charge on any atom is -0.455 e. The summed E-state index contributed by atoms with van der Waals surface area (Å²) in [5.41, 5.74) is 0.475. The summed E-state index contributed by atoms with van der Waals surface area (Å²) in [6.45, 7) is -0.426. The Hall–Kier alpha value is -3.32. The molecule has 0 bridgehead atoms. The van der Waals surface area contributed by atoms with Crippen LogP contribution in [0.15, 0.2) is 81.9 Å². The molecule has 28 heavy (non-hydrogen) atoms. The molecule has 0 aliphatic heterocycles. The minimum absolute atomic E-state index is 0.426. The number of nitrogens with one attached hydrogen (secondary N) is 1. The van der Waals surface area contributed by atoms with Gasteiger partial charge in [0.25, 0.3) is 5.91 Å². The van der Waals surface area contributed by atoms with E-state index in [0.717, 1.165) is 0 Å². The molecule has 7 heteroatoms. The SMILES string of the molecule is O=C(COC(=O)C=Cc1ccc(Br)o1)Nc1ccccc1Oc1ccccc1. The summed E-state index contributed by atoms with van der Waals surface area (Å²) in [5, 5.41) is 2.67. The number of esters is 1. The van der Waals surface area contributed by atoms with Gasteiger partial charge in [-0.25, -0.2) is 4.79 Å². The molecule has 6 nitrogen and oxygen atoms in total. The third kappa shape index (κ3) is 5.85. The van der Waals surface area contributed by atoms with Crippen LogP contribution in [-0.4, -0.2) is 18.5 Å². The maximum absolute atomic E-state index is 12.1. The number of halogens is 1. The molecule has 0 spiro atoms. The van der Waals surface area contributed by atoms with Crippen LogP contribution in [0.25, 0.3) is 6.08 Å². The largest absolute Gasteiger partial charge is 0.455 e. The smallest absolute Gasteiger partial charge is 0.331 e. The van der Waals surface area contributed by atoms with Gasteiger partial charge >= 0.3 is 5.97 Å². The van der Waals surface area contributed by atoms with Crippen molar-refractivity contribution in [3.63, 3.8) is 0 Å². The van der Waals surface area contributed by atoms with Crippen molar-refractivity contribution in [1.29, 1.82) is 0 Å². The number of hydrogen-bond acceptors (Lipinski definition) is 5. The number of anilines is 1. The summed E-state index contributed by atoms with van der Waals surface area (Å²) < 4.78 is 16.5. The van der Waals surface area contributed by atoms with E-state index in [1.807, 2.05) is 30.3 Å². The van der Waals surface area contributed by atoms with Crippen molar-refractivity contribution in [2.75, 3.05) is 11.9 Å². The summed E-state index contributed by atoms with van der Waals surface area (Å²) in [4.78, 5) is 23.8. The Labute approximate surface area is 169 Å². The van der Waals surface area contributed by atoms with Crippen LogP contribution in [0.3, 0.4) is 0 Å². The van der Waals surface area contributed by atoms with Gasteiger partial charge < -0.3 is 19.2 Å². The lowest BCUT2D eigenvalue weighted by Crippen LogP contribution is -2.20. The normalized spacial score (nSPS) is 10.6. The molecular weight excluding hydrogens is 426 g/mol. The fraction of sp³-hybridized carbons (Fsp3) is 0.0476. The Morgan fingerprint density at radius 3 is 2.50 bits per heavy atom. The second-order valence-electron chi connectivity index (χ2n) is 5.54. The summed E-state index contributed by atoms with van der Waals surface area (Å²) in [5.74, 6) is 0.477. The average Bonchev–Trinajstić information content (AvgIpc) is 3.12. The van der Waals surface area contributed by atoms with Crippen molar-refractivity contribution >= 4 is 39.6 Å². The van der Waals surface area contributed by atoms with Gasteiger partial charge in [-0.2, -0.15) is 0 Å². The van der Waals surface area contributed by atoms with Gasteiger partial charge in [-0.05, 0) is 58.4 Å². The molecule has 0 unspecified atom stereocenters. The molecule has 0 saturated carbocycles. The molecule has 0 atom stereocenters. The predicted octanol–water partition coefficient (Wildman–Crippen LogP) is 5.03. The highest BCUT2D eigenvalue weighted by molar-refractivity contribution is 9.10. The quantitative estimate of drug-likeness (QED) is 0.410. The first-order chi connectivity index (χ1) is 13.6. The molecule has 2 aromatic carbocycles. The van der Waals surface area contributed by atoms with Gasteiger partial charge in [-0.1, -0.05) is 30.3 Å². The van der Waals surface area contributed by atoms with Gasteiger partial charge in [0, 0.05) is 6.08 Å². The zero-order valence-corrected chi connectivity index (χ0v) is 16.2. The van der Waals surface area contributed by atoms with E-state index >= 15 is 0 Å². The van der Waals surface area contributed by atoms with Crippen LogP contribution in [0.5, 0.6) is 11.5 Å². The highest BCUT2D eigenvalue weighted by Crippen LogP contribution is 2.29. The first-order valence-electron chi connectivity index (χ1n) is 8.32. The topological polar surface area (TPSA) is 77.8 Å². The molecule has 142 valence electrons. The summed E-state index contributed by atoms with van der Waals surface area (Å²) in [7, 11) is 0. The van der Waals surface area contributed by atoms with E-state index in [9.17, 15) is 9.59 Å². The molecule has 0 radical (unpaired) electrons. The van der Waals surface area contributed by atoms with Crippen LogP contribution in [0.4, 0.5) is 5.69 Å². The molecule has 3 rings (SSSR count). The molecule has 1 aromatic heterocycles. The maximum Gasteiger partial charge on any atom is 0.331 e. The Morgan fingerprint density at radius 2 is 1.75 bits per heavy atom. The number of amides is 1. The third-order valence-electron chi connectivity index (χ3n) is 3.46. The fourth-order valence-electron chi connectivity index (χ4n) is 2.21. The molecule has 0 fully saturated rings. The van der Waals surface area contributed by atoms with Gasteiger partial charge in [0.1, 0.15) is 11.5 Å². The number of rotatable bonds is 7. The van der Waals surface area contributed by atoms with Gasteiger partial charge in [0.05, 0.1) is 5.69 Å². The van der Waals surface area contributed by atoms with Crippen LogP contribution < -0.4 is 10.1 Å². The van der Waals surface area contributed by atoms with E-state index in [1.54, 1.807) is 36.4 Å². The highest BCUT2D eigenvalue weighted by atomic mass is 79.9. The Balaban J connectivity index is 1.53. The van der Waals surface area contributed by atoms with Crippen LogP contribution in [0, 0.1) is 0 Å². The first-order valence-corrected chi connectivity index (χ1v) is 9.11. The maximum atomic E-state index is 12.1. The Bertz CT molecular complexity index is 981. The second-order valence-corrected chi connectivity index (χ2v) is 6.32. The van der Waals surface area contributed by atoms with E-state index in [0.29, 0.717) is 27.6 Å². The van der Waals surface area contributed by atoms with Crippen molar-refractivity contribution in [2.45, 2.75) is 0 Å². The predicted molar refractivity (Wildman–Crippen MR) is 108 cm³/mol. The molecule has 1 N–H and O–H groups in total. The standard InChI is InChI=1S/C21H16BrNO5/c22-19-12-10-16(28-19)11-13-21(25)26-14-20(24)23-17-8-4-5-9-18(17)27-15-6-2-1-3-7-15/h1-13H,14H2,(H,23,24). The van der Waals surface area contributed by atoms with Crippen molar-refractivity contribution in [3.05, 3.63) is 83.2 Å². The zero-order chi connectivity index (χ0) is 19.8. The van der Waals surface area contributed by atoms with E-state index < -0.39 is 18.5 Å². The molecule has 0 aliphatic carbocycles. The number of ether oxygens (including phenoxy) is 2. The van der Waals surface area contributed by atoms with Gasteiger partial charge in [0.2, 0.25) is 0 Å². The van der Waals surface area contributed by atoms with Gasteiger partial charge in [-0.15, -0.1) is 0 Å². The minimum atomic E-state index is -0.656. The number of carbonyl (C=O) groups is 2. The summed E-state index contributed by atoms with van der Waals surface area (Å²) >= 11 is 3.17. The Kier molecular flexibility index (Phi) is 6.64. The average molecular weight is 442 g/mol. The van der Waals surface area contributed by atoms with E-state index in [2.05, 4.69) is 21.2 Å². The second kappa shape index (κ2) is 9.57. The van der Waals surface area contributed by atoms with E-state index in [1.165, 1.54) is 12.2 Å². The Morgan fingerprint density at radius 1 is 1.00 bits per heavy atom. The van der Waals surface area contributed by atoms with Crippen LogP contribution in [0.2, 0.25) is 0 Å². The zero-order valence-electron chi connectivity index (χ0n) is 14.6. The van der Waals surface area contributed by atoms with E-state index in [-0.39, 0.29) is 0 Å². The van der Waals surface area contributed by atoms with Crippen molar-refractivity contribution < 1.29 is 23.5 Å². The summed E-state index contributed by atoms with van der Waals surface area (Å²) in [6.07, 6.45) is 2.64. The van der Waals surface area contributed by atoms with Gasteiger partial charge in [-0.3, -0.25) is 4.79 Å². The third-order valence-corrected chi connectivity index (χ3v) is 3.88. The molecular formula is C21H16BrNO5. The lowest BCUT2D eigenvalue weighted by molar-refractivity contribution is -0.142. The van der Waals surface area contributed by atoms with Crippen LogP contribution in [0.1, 0.15) is 5.76 Å². The van der Waals surface area contributed by atoms with Crippen LogP contribution >= 0.6 is 15.9 Å². The number of para-hydroxylation sites is 3. The fourth-order valence-corrected chi connectivity index (χ4v) is 2.53. The van der Waals surface area contributed by atoms with Crippen molar-refractivity contribution in [1.82, 2.24) is 0 Å².